The molecule has 0 nitrogen and oxygen atoms in total. The summed E-state index contributed by atoms with van der Waals surface area (Å²) in [6.45, 7) is 0. The zero-order valence-electron chi connectivity index (χ0n) is 9.13. The molecule has 5 heteroatoms. The quantitative estimate of drug-likeness (QED) is 0.511. The molecule has 0 aromatic heterocycles. The van der Waals surface area contributed by atoms with Crippen LogP contribution in [0.15, 0.2) is 57.5 Å². The molecule has 0 unspecified atom stereocenters. The molecule has 0 amide bonds. The van der Waals surface area contributed by atoms with Crippen molar-refractivity contribution in [3.63, 3.8) is 0 Å². The number of halogens is 4. The predicted molar refractivity (Wildman–Crippen MR) is 83.2 cm³/mol. The average Bonchev–Trinajstić information content (AvgIpc) is 2.34. The van der Waals surface area contributed by atoms with Crippen LogP contribution in [0.2, 0.25) is 0 Å². The van der Waals surface area contributed by atoms with Crippen molar-refractivity contribution < 1.29 is 18.9 Å². The van der Waals surface area contributed by atoms with Crippen molar-refractivity contribution >= 4 is 52.1 Å². The van der Waals surface area contributed by atoms with Crippen LogP contribution in [0.3, 0.4) is 0 Å². The van der Waals surface area contributed by atoms with Gasteiger partial charge in [-0.25, -0.2) is 0 Å². The first kappa shape index (κ1) is 15.1. The standard InChI is InChI=1S/C13H8Br2.2ClH.Zr/c14-12-5-1-10(2-6-12)9-11-3-7-13(15)8-4-11;;;/h1-8H;2*1H;/q;;;+2/p-2. The van der Waals surface area contributed by atoms with Gasteiger partial charge in [-0.1, -0.05) is 0 Å². The van der Waals surface area contributed by atoms with Gasteiger partial charge in [0.05, 0.1) is 0 Å². The fourth-order valence-corrected chi connectivity index (χ4v) is 6.62. The molecular formula is C13H8Br2Cl2Zr. The van der Waals surface area contributed by atoms with Gasteiger partial charge in [-0.15, -0.1) is 0 Å². The normalized spacial score (nSPS) is 10.2. The Labute approximate surface area is 138 Å². The third-order valence-electron chi connectivity index (χ3n) is 2.45. The van der Waals surface area contributed by atoms with Gasteiger partial charge in [-0.05, 0) is 0 Å². The minimum atomic E-state index is -2.51. The fourth-order valence-electron chi connectivity index (χ4n) is 1.62. The van der Waals surface area contributed by atoms with Crippen molar-refractivity contribution in [3.05, 3.63) is 68.6 Å². The molecular weight excluding hydrogens is 478 g/mol. The minimum absolute atomic E-state index is 1.05. The molecule has 2 aromatic carbocycles. The molecule has 0 saturated heterocycles. The van der Waals surface area contributed by atoms with E-state index in [4.69, 9.17) is 17.0 Å². The molecule has 0 fully saturated rings. The van der Waals surface area contributed by atoms with E-state index < -0.39 is 18.9 Å². The van der Waals surface area contributed by atoms with E-state index in [0.717, 1.165) is 23.3 Å². The molecule has 0 heterocycles. The first-order valence-electron chi connectivity index (χ1n) is 5.15. The Bertz CT molecular complexity index is 525. The molecule has 0 saturated carbocycles. The SMILES string of the molecule is [Cl][Zr]([Cl])=[C](c1ccc(Br)cc1)c1ccc(Br)cc1. The van der Waals surface area contributed by atoms with Crippen LogP contribution in [0, 0.1) is 0 Å². The molecule has 92 valence electrons. The summed E-state index contributed by atoms with van der Waals surface area (Å²) in [5, 5.41) is 0. The number of rotatable bonds is 2. The second-order valence-corrected chi connectivity index (χ2v) is 13.6. The van der Waals surface area contributed by atoms with Crippen molar-refractivity contribution in [1.82, 2.24) is 0 Å². The van der Waals surface area contributed by atoms with Gasteiger partial charge in [-0.3, -0.25) is 0 Å². The Hall–Kier alpha value is 0.733. The molecule has 0 radical (unpaired) electrons. The summed E-state index contributed by atoms with van der Waals surface area (Å²) < 4.78 is 3.21. The zero-order valence-corrected chi connectivity index (χ0v) is 16.3. The topological polar surface area (TPSA) is 0 Å². The maximum absolute atomic E-state index is 6.29. The van der Waals surface area contributed by atoms with Gasteiger partial charge in [-0.2, -0.15) is 0 Å². The Balaban J connectivity index is 2.51. The molecule has 0 bridgehead atoms. The van der Waals surface area contributed by atoms with E-state index in [1.807, 2.05) is 48.5 Å². The van der Waals surface area contributed by atoms with Crippen LogP contribution in [0.5, 0.6) is 0 Å². The first-order chi connectivity index (χ1) is 8.58. The molecule has 0 atom stereocenters. The summed E-state index contributed by atoms with van der Waals surface area (Å²) in [5.74, 6) is 0. The molecule has 2 rings (SSSR count). The van der Waals surface area contributed by atoms with Crippen LogP contribution in [0.4, 0.5) is 0 Å². The number of hydrogen-bond acceptors (Lipinski definition) is 0. The van der Waals surface area contributed by atoms with Gasteiger partial charge >= 0.3 is 140 Å². The van der Waals surface area contributed by atoms with Gasteiger partial charge in [0, 0.05) is 0 Å². The Morgan fingerprint density at radius 1 is 0.722 bits per heavy atom. The summed E-state index contributed by atoms with van der Waals surface area (Å²) in [7, 11) is 12.6. The van der Waals surface area contributed by atoms with Crippen LogP contribution in [-0.2, 0) is 18.9 Å². The Morgan fingerprint density at radius 2 is 1.06 bits per heavy atom. The number of hydrogen-bond donors (Lipinski definition) is 0. The van der Waals surface area contributed by atoms with E-state index in [0.29, 0.717) is 0 Å². The summed E-state index contributed by atoms with van der Waals surface area (Å²) in [6.07, 6.45) is 0. The maximum atomic E-state index is 6.29. The molecule has 0 spiro atoms. The monoisotopic (exact) mass is 482 g/mol. The van der Waals surface area contributed by atoms with E-state index in [1.165, 1.54) is 0 Å². The third kappa shape index (κ3) is 3.87. The second-order valence-electron chi connectivity index (χ2n) is 3.65. The Kier molecular flexibility index (Phi) is 5.84. The van der Waals surface area contributed by atoms with Gasteiger partial charge in [0.25, 0.3) is 0 Å². The van der Waals surface area contributed by atoms with Crippen LogP contribution in [-0.4, -0.2) is 3.21 Å². The summed E-state index contributed by atoms with van der Waals surface area (Å²) >= 11 is 4.35. The van der Waals surface area contributed by atoms with Gasteiger partial charge < -0.3 is 0 Å². The van der Waals surface area contributed by atoms with Crippen LogP contribution >= 0.6 is 48.9 Å². The van der Waals surface area contributed by atoms with Crippen molar-refractivity contribution in [2.75, 3.05) is 0 Å². The predicted octanol–water partition coefficient (Wildman–Crippen LogP) is 5.71. The Morgan fingerprint density at radius 3 is 1.33 bits per heavy atom. The summed E-state index contributed by atoms with van der Waals surface area (Å²) in [5.41, 5.74) is 2.22. The van der Waals surface area contributed by atoms with Crippen molar-refractivity contribution in [2.24, 2.45) is 0 Å². The summed E-state index contributed by atoms with van der Waals surface area (Å²) in [6, 6.07) is 16.2. The molecule has 0 aliphatic rings. The van der Waals surface area contributed by atoms with Crippen LogP contribution in [0.25, 0.3) is 0 Å². The van der Waals surface area contributed by atoms with Crippen LogP contribution < -0.4 is 0 Å². The fraction of sp³-hybridized carbons (Fsp3) is 0. The van der Waals surface area contributed by atoms with E-state index in [9.17, 15) is 0 Å². The van der Waals surface area contributed by atoms with E-state index >= 15 is 0 Å². The number of benzene rings is 2. The van der Waals surface area contributed by atoms with Crippen molar-refractivity contribution in [1.29, 1.82) is 0 Å². The molecule has 0 aliphatic carbocycles. The molecule has 0 aliphatic heterocycles. The van der Waals surface area contributed by atoms with Gasteiger partial charge in [0.15, 0.2) is 0 Å². The van der Waals surface area contributed by atoms with Crippen molar-refractivity contribution in [3.8, 4) is 0 Å². The third-order valence-corrected chi connectivity index (χ3v) is 8.10. The van der Waals surface area contributed by atoms with Crippen LogP contribution in [0.1, 0.15) is 11.1 Å². The molecule has 2 aromatic rings. The van der Waals surface area contributed by atoms with E-state index in [-0.39, 0.29) is 0 Å². The average molecular weight is 486 g/mol. The van der Waals surface area contributed by atoms with Gasteiger partial charge in [0.1, 0.15) is 0 Å². The van der Waals surface area contributed by atoms with Gasteiger partial charge in [0.2, 0.25) is 0 Å². The van der Waals surface area contributed by atoms with Crippen molar-refractivity contribution in [2.45, 2.75) is 0 Å². The zero-order chi connectivity index (χ0) is 13.1. The summed E-state index contributed by atoms with van der Waals surface area (Å²) in [4.78, 5) is 0. The van der Waals surface area contributed by atoms with E-state index in [2.05, 4.69) is 31.9 Å². The van der Waals surface area contributed by atoms with E-state index in [1.54, 1.807) is 0 Å². The second kappa shape index (κ2) is 6.95. The first-order valence-corrected chi connectivity index (χ1v) is 14.3. The molecule has 18 heavy (non-hydrogen) atoms. The molecule has 0 N–H and O–H groups in total.